The van der Waals surface area contributed by atoms with E-state index in [-0.39, 0.29) is 22.9 Å². The molecule has 1 unspecified atom stereocenters. The van der Waals surface area contributed by atoms with Crippen LogP contribution in [0.25, 0.3) is 0 Å². The van der Waals surface area contributed by atoms with Crippen molar-refractivity contribution in [1.29, 1.82) is 0 Å². The van der Waals surface area contributed by atoms with E-state index >= 15 is 8.78 Å². The first-order valence-corrected chi connectivity index (χ1v) is 12.8. The zero-order valence-electron chi connectivity index (χ0n) is 20.2. The summed E-state index contributed by atoms with van der Waals surface area (Å²) in [7, 11) is 0. The highest BCUT2D eigenvalue weighted by atomic mass is 79.9. The highest BCUT2D eigenvalue weighted by Crippen LogP contribution is 2.73. The molecule has 0 saturated heterocycles. The van der Waals surface area contributed by atoms with E-state index in [0.29, 0.717) is 0 Å². The first-order chi connectivity index (χ1) is 17.0. The van der Waals surface area contributed by atoms with Gasteiger partial charge in [0, 0.05) is 16.7 Å². The maximum atomic E-state index is 17.4. The van der Waals surface area contributed by atoms with Crippen LogP contribution in [0.4, 0.5) is 8.78 Å². The second-order valence-electron chi connectivity index (χ2n) is 11.3. The van der Waals surface area contributed by atoms with Crippen molar-refractivity contribution in [3.05, 3.63) is 22.2 Å². The van der Waals surface area contributed by atoms with E-state index in [9.17, 15) is 39.6 Å². The Morgan fingerprint density at radius 2 is 1.81 bits per heavy atom. The molecule has 4 rings (SSSR count). The van der Waals surface area contributed by atoms with Crippen molar-refractivity contribution in [2.75, 3.05) is 0 Å². The smallest absolute Gasteiger partial charge is 0.306 e. The predicted octanol–water partition coefficient (Wildman–Crippen LogP) is 1.86. The molecule has 3 saturated carbocycles. The van der Waals surface area contributed by atoms with Gasteiger partial charge in [0.25, 0.3) is 0 Å². The number of alkyl halides is 2. The zero-order chi connectivity index (χ0) is 27.9. The van der Waals surface area contributed by atoms with E-state index in [1.165, 1.54) is 19.9 Å². The highest BCUT2D eigenvalue weighted by molar-refractivity contribution is 9.12. The molecule has 0 spiro atoms. The fourth-order valence-electron chi connectivity index (χ4n) is 7.98. The van der Waals surface area contributed by atoms with Crippen LogP contribution in [0.3, 0.4) is 0 Å². The molecule has 10 atom stereocenters. The Morgan fingerprint density at radius 1 is 1.19 bits per heavy atom. The zero-order valence-corrected chi connectivity index (χ0v) is 21.7. The summed E-state index contributed by atoms with van der Waals surface area (Å²) < 4.78 is 33.1. The van der Waals surface area contributed by atoms with Crippen LogP contribution in [-0.2, 0) is 19.2 Å². The van der Waals surface area contributed by atoms with Crippen LogP contribution in [0.15, 0.2) is 22.2 Å². The Morgan fingerprint density at radius 3 is 2.38 bits per heavy atom. The molecule has 0 amide bonds. The van der Waals surface area contributed by atoms with Gasteiger partial charge in [0.2, 0.25) is 0 Å². The average molecular weight is 591 g/mol. The van der Waals surface area contributed by atoms with Gasteiger partial charge in [0.1, 0.15) is 12.3 Å². The van der Waals surface area contributed by atoms with E-state index < -0.39 is 101 Å². The maximum absolute atomic E-state index is 17.4. The van der Waals surface area contributed by atoms with Crippen molar-refractivity contribution in [2.45, 2.75) is 76.1 Å². The van der Waals surface area contributed by atoms with Crippen LogP contribution >= 0.6 is 15.9 Å². The fraction of sp³-hybridized carbons (Fsp3) is 0.680. The van der Waals surface area contributed by atoms with Gasteiger partial charge in [-0.1, -0.05) is 13.0 Å². The quantitative estimate of drug-likeness (QED) is 0.310. The molecule has 0 aromatic rings. The van der Waals surface area contributed by atoms with Gasteiger partial charge >= 0.3 is 11.9 Å². The van der Waals surface area contributed by atoms with E-state index in [2.05, 4.69) is 15.9 Å². The van der Waals surface area contributed by atoms with Crippen molar-refractivity contribution in [2.24, 2.45) is 28.1 Å². The second-order valence-corrected chi connectivity index (χ2v) is 12.1. The molecule has 0 aromatic carbocycles. The summed E-state index contributed by atoms with van der Waals surface area (Å²) in [4.78, 5) is 48.8. The first kappa shape index (κ1) is 28.0. The number of carboxylic acids is 2. The topological polar surface area (TPSA) is 169 Å². The van der Waals surface area contributed by atoms with Crippen LogP contribution in [0, 0.1) is 28.1 Å². The first-order valence-electron chi connectivity index (χ1n) is 12.0. The summed E-state index contributed by atoms with van der Waals surface area (Å²) in [5.41, 5.74) is -8.31. The maximum Gasteiger partial charge on any atom is 0.306 e. The summed E-state index contributed by atoms with van der Waals surface area (Å²) in [5, 5.41) is 51.7. The molecule has 3 fully saturated rings. The molecule has 37 heavy (non-hydrogen) atoms. The van der Waals surface area contributed by atoms with Crippen LogP contribution in [-0.4, -0.2) is 79.2 Å². The van der Waals surface area contributed by atoms with E-state index in [4.69, 9.17) is 5.11 Å². The number of hydrogen-bond acceptors (Lipinski definition) is 7. The van der Waals surface area contributed by atoms with Crippen molar-refractivity contribution in [3.63, 3.8) is 0 Å². The largest absolute Gasteiger partial charge is 0.481 e. The summed E-state index contributed by atoms with van der Waals surface area (Å²) in [5.74, 6) is -7.22. The summed E-state index contributed by atoms with van der Waals surface area (Å²) in [6.45, 7) is 2.77. The van der Waals surface area contributed by atoms with Gasteiger partial charge in [-0.3, -0.25) is 19.2 Å². The molecule has 9 nitrogen and oxygen atoms in total. The number of ketones is 2. The van der Waals surface area contributed by atoms with Gasteiger partial charge in [-0.15, -0.1) is 0 Å². The third-order valence-corrected chi connectivity index (χ3v) is 10.3. The fourth-order valence-corrected chi connectivity index (χ4v) is 8.55. The highest BCUT2D eigenvalue weighted by Gasteiger charge is 2.77. The number of Topliss-reactive ketones (excluding diaryl/α,β-unsaturated/α-hetero) is 1. The number of rotatable bonds is 6. The minimum absolute atomic E-state index is 0.0406. The third kappa shape index (κ3) is 3.55. The number of carboxylic acid groups (broad SMARTS) is 2. The van der Waals surface area contributed by atoms with Crippen molar-refractivity contribution < 1.29 is 53.5 Å². The normalized spacial score (nSPS) is 45.6. The van der Waals surface area contributed by atoms with Gasteiger partial charge in [-0.05, 0) is 65.1 Å². The monoisotopic (exact) mass is 590 g/mol. The number of fused-ring (bicyclic) bond motifs is 5. The Bertz CT molecular complexity index is 1140. The SMILES string of the molecule is C[C@]12C=C(Br)C(=O)C=C1[C@H](F)[C@@H](O)[C@H]1[C@@H]3CC[C@](CC(=O)O)(C(=O)C(O)CC(=O)O)[C@@]3(C)C[C@H](O)[C@@]12F. The molecule has 0 aliphatic heterocycles. The van der Waals surface area contributed by atoms with E-state index in [1.807, 2.05) is 0 Å². The number of allylic oxidation sites excluding steroid dienone is 3. The molecule has 0 heterocycles. The number of carbonyl (C=O) groups excluding carboxylic acids is 2. The molecule has 0 bridgehead atoms. The molecular formula is C25H29BrF2O9. The van der Waals surface area contributed by atoms with Gasteiger partial charge in [0.05, 0.1) is 29.5 Å². The van der Waals surface area contributed by atoms with Crippen LogP contribution in [0.5, 0.6) is 0 Å². The van der Waals surface area contributed by atoms with E-state index in [1.54, 1.807) is 0 Å². The summed E-state index contributed by atoms with van der Waals surface area (Å²) >= 11 is 3.06. The van der Waals surface area contributed by atoms with Crippen LogP contribution in [0.2, 0.25) is 0 Å². The van der Waals surface area contributed by atoms with Crippen molar-refractivity contribution >= 4 is 39.4 Å². The lowest BCUT2D eigenvalue weighted by Crippen LogP contribution is -2.73. The number of aliphatic carboxylic acids is 2. The lowest BCUT2D eigenvalue weighted by atomic mass is 9.42. The number of carbonyl (C=O) groups is 4. The second kappa shape index (κ2) is 8.75. The standard InChI is InChI=1S/C25H29BrF2O9/c1-22-8-15(31)25(28)18(20(36)19(27)11-5-13(29)12(26)7-23(11,25)2)10(22)3-4-24(22,9-17(34)35)21(37)14(30)6-16(32)33/h5,7,10,14-15,18-20,30-31,36H,3-4,6,8-9H2,1-2H3,(H,32,33)(H,34,35)/t10-,14?,15-,18+,19-,20-,22-,23-,24-,25+/m0/s1. The lowest BCUT2D eigenvalue weighted by molar-refractivity contribution is -0.240. The summed E-state index contributed by atoms with van der Waals surface area (Å²) in [6, 6.07) is 0. The Kier molecular flexibility index (Phi) is 6.62. The van der Waals surface area contributed by atoms with Crippen LogP contribution < -0.4 is 0 Å². The minimum atomic E-state index is -2.70. The number of hydrogen-bond donors (Lipinski definition) is 5. The molecular weight excluding hydrogens is 562 g/mol. The van der Waals surface area contributed by atoms with Gasteiger partial charge in [-0.25, -0.2) is 8.78 Å². The Hall–Kier alpha value is -2.02. The number of halogens is 3. The van der Waals surface area contributed by atoms with Crippen molar-refractivity contribution in [3.8, 4) is 0 Å². The molecule has 4 aliphatic rings. The lowest BCUT2D eigenvalue weighted by Gasteiger charge is -2.64. The average Bonchev–Trinajstić information content (AvgIpc) is 3.05. The Labute approximate surface area is 219 Å². The van der Waals surface area contributed by atoms with E-state index in [0.717, 1.165) is 6.08 Å². The molecule has 4 aliphatic carbocycles. The number of aliphatic hydroxyl groups excluding tert-OH is 3. The third-order valence-electron chi connectivity index (χ3n) is 9.71. The molecule has 12 heteroatoms. The van der Waals surface area contributed by atoms with Gasteiger partial charge in [0.15, 0.2) is 17.2 Å². The minimum Gasteiger partial charge on any atom is -0.481 e. The number of aliphatic hydroxyl groups is 3. The summed E-state index contributed by atoms with van der Waals surface area (Å²) in [6.07, 6.45) is -8.63. The molecule has 204 valence electrons. The predicted molar refractivity (Wildman–Crippen MR) is 126 cm³/mol. The molecule has 0 aromatic heterocycles. The van der Waals surface area contributed by atoms with Crippen LogP contribution in [0.1, 0.15) is 46.0 Å². The molecule has 0 radical (unpaired) electrons. The molecule has 5 N–H and O–H groups in total. The van der Waals surface area contributed by atoms with Gasteiger partial charge in [-0.2, -0.15) is 0 Å². The van der Waals surface area contributed by atoms with Crippen molar-refractivity contribution in [1.82, 2.24) is 0 Å². The Balaban J connectivity index is 1.89. The van der Waals surface area contributed by atoms with Gasteiger partial charge < -0.3 is 25.5 Å².